The van der Waals surface area contributed by atoms with Gasteiger partial charge in [-0.25, -0.2) is 4.79 Å². The zero-order valence-corrected chi connectivity index (χ0v) is 23.0. The molecule has 0 unspecified atom stereocenters. The molecular formula is C31H32F3N5O3. The van der Waals surface area contributed by atoms with Gasteiger partial charge in [0.2, 0.25) is 0 Å². The fourth-order valence-electron chi connectivity index (χ4n) is 5.25. The second kappa shape index (κ2) is 12.5. The van der Waals surface area contributed by atoms with Crippen LogP contribution < -0.4 is 15.5 Å². The van der Waals surface area contributed by atoms with Crippen LogP contribution in [0.5, 0.6) is 0 Å². The SMILES string of the molecule is O=C(Nc1ccc(N2CCN(C(=O)Nc3cccc(C(F)(F)F)c3)CC2)c(C(=O)N2CCCCC2)c1)c1ccccc1. The van der Waals surface area contributed by atoms with E-state index in [4.69, 9.17) is 0 Å². The number of anilines is 3. The predicted octanol–water partition coefficient (Wildman–Crippen LogP) is 5.94. The molecule has 0 radical (unpaired) electrons. The molecule has 0 bridgehead atoms. The van der Waals surface area contributed by atoms with Gasteiger partial charge in [-0.2, -0.15) is 13.2 Å². The van der Waals surface area contributed by atoms with Crippen LogP contribution in [0.1, 0.15) is 45.5 Å². The van der Waals surface area contributed by atoms with Crippen LogP contribution in [0.2, 0.25) is 0 Å². The van der Waals surface area contributed by atoms with Gasteiger partial charge < -0.3 is 25.3 Å². The topological polar surface area (TPSA) is 85.0 Å². The summed E-state index contributed by atoms with van der Waals surface area (Å²) in [5.41, 5.74) is 1.43. The van der Waals surface area contributed by atoms with E-state index in [0.29, 0.717) is 61.8 Å². The van der Waals surface area contributed by atoms with Gasteiger partial charge >= 0.3 is 12.2 Å². The maximum atomic E-state index is 13.7. The summed E-state index contributed by atoms with van der Waals surface area (Å²) in [6.45, 7) is 2.81. The Kier molecular flexibility index (Phi) is 8.65. The number of rotatable bonds is 5. The lowest BCUT2D eigenvalue weighted by molar-refractivity contribution is -0.137. The minimum absolute atomic E-state index is 0.0693. The van der Waals surface area contributed by atoms with E-state index in [1.54, 1.807) is 36.4 Å². The first-order valence-corrected chi connectivity index (χ1v) is 14.0. The third kappa shape index (κ3) is 6.84. The first-order valence-electron chi connectivity index (χ1n) is 14.0. The van der Waals surface area contributed by atoms with Gasteiger partial charge in [-0.1, -0.05) is 24.3 Å². The summed E-state index contributed by atoms with van der Waals surface area (Å²) < 4.78 is 39.2. The number of alkyl halides is 3. The number of benzene rings is 3. The van der Waals surface area contributed by atoms with Crippen molar-refractivity contribution < 1.29 is 27.6 Å². The fraction of sp³-hybridized carbons (Fsp3) is 0.323. The molecule has 4 amide bonds. The van der Waals surface area contributed by atoms with E-state index in [1.165, 1.54) is 17.0 Å². The van der Waals surface area contributed by atoms with Crippen LogP contribution in [0.4, 0.5) is 35.0 Å². The average Bonchev–Trinajstić information content (AvgIpc) is 3.01. The maximum absolute atomic E-state index is 13.7. The first-order chi connectivity index (χ1) is 20.2. The predicted molar refractivity (Wildman–Crippen MR) is 155 cm³/mol. The minimum Gasteiger partial charge on any atom is -0.367 e. The second-order valence-electron chi connectivity index (χ2n) is 10.4. The number of hydrogen-bond donors (Lipinski definition) is 2. The van der Waals surface area contributed by atoms with Crippen molar-refractivity contribution in [3.05, 3.63) is 89.5 Å². The monoisotopic (exact) mass is 579 g/mol. The summed E-state index contributed by atoms with van der Waals surface area (Å²) in [6.07, 6.45) is -1.56. The van der Waals surface area contributed by atoms with Gasteiger partial charge in [0.25, 0.3) is 11.8 Å². The Hall–Kier alpha value is -4.54. The molecule has 2 aliphatic heterocycles. The third-order valence-corrected chi connectivity index (χ3v) is 7.51. The molecule has 2 N–H and O–H groups in total. The molecule has 42 heavy (non-hydrogen) atoms. The summed E-state index contributed by atoms with van der Waals surface area (Å²) in [7, 11) is 0. The zero-order chi connectivity index (χ0) is 29.7. The lowest BCUT2D eigenvalue weighted by Crippen LogP contribution is -2.50. The van der Waals surface area contributed by atoms with E-state index in [2.05, 4.69) is 10.6 Å². The Morgan fingerprint density at radius 3 is 2.05 bits per heavy atom. The molecule has 2 aliphatic rings. The minimum atomic E-state index is -4.50. The average molecular weight is 580 g/mol. The highest BCUT2D eigenvalue weighted by Gasteiger charge is 2.31. The van der Waals surface area contributed by atoms with Gasteiger partial charge in [0.05, 0.1) is 11.1 Å². The number of nitrogens with zero attached hydrogens (tertiary/aromatic N) is 3. The number of carbonyl (C=O) groups excluding carboxylic acids is 3. The van der Waals surface area contributed by atoms with Crippen LogP contribution in [-0.2, 0) is 6.18 Å². The number of carbonyl (C=O) groups is 3. The quantitative estimate of drug-likeness (QED) is 0.392. The van der Waals surface area contributed by atoms with Gasteiger partial charge in [-0.3, -0.25) is 9.59 Å². The lowest BCUT2D eigenvalue weighted by Gasteiger charge is -2.37. The zero-order valence-electron chi connectivity index (χ0n) is 23.0. The molecule has 0 atom stereocenters. The van der Waals surface area contributed by atoms with Crippen molar-refractivity contribution >= 4 is 34.9 Å². The van der Waals surface area contributed by atoms with Crippen LogP contribution in [0.25, 0.3) is 0 Å². The van der Waals surface area contributed by atoms with Crippen molar-refractivity contribution in [3.63, 3.8) is 0 Å². The summed E-state index contributed by atoms with van der Waals surface area (Å²) in [6, 6.07) is 18.1. The molecule has 0 aromatic heterocycles. The molecule has 11 heteroatoms. The van der Waals surface area contributed by atoms with E-state index < -0.39 is 17.8 Å². The Morgan fingerprint density at radius 2 is 1.36 bits per heavy atom. The van der Waals surface area contributed by atoms with Gasteiger partial charge in [-0.15, -0.1) is 0 Å². The van der Waals surface area contributed by atoms with E-state index in [9.17, 15) is 27.6 Å². The number of amides is 4. The van der Waals surface area contributed by atoms with E-state index in [-0.39, 0.29) is 17.5 Å². The molecule has 2 saturated heterocycles. The van der Waals surface area contributed by atoms with Gasteiger partial charge in [0.15, 0.2) is 0 Å². The van der Waals surface area contributed by atoms with Crippen LogP contribution in [0, 0.1) is 0 Å². The number of likely N-dealkylation sites (tertiary alicyclic amines) is 1. The molecule has 3 aromatic carbocycles. The van der Waals surface area contributed by atoms with Crippen LogP contribution in [-0.4, -0.2) is 66.9 Å². The molecule has 220 valence electrons. The number of urea groups is 1. The molecule has 5 rings (SSSR count). The van der Waals surface area contributed by atoms with E-state index in [1.807, 2.05) is 21.9 Å². The number of piperazine rings is 1. The van der Waals surface area contributed by atoms with Crippen LogP contribution in [0.15, 0.2) is 72.8 Å². The normalized spacial score (nSPS) is 15.7. The summed E-state index contributed by atoms with van der Waals surface area (Å²) >= 11 is 0. The highest BCUT2D eigenvalue weighted by molar-refractivity contribution is 6.06. The summed E-state index contributed by atoms with van der Waals surface area (Å²) in [4.78, 5) is 44.7. The lowest BCUT2D eigenvalue weighted by atomic mass is 10.1. The Balaban J connectivity index is 1.30. The van der Waals surface area contributed by atoms with E-state index >= 15 is 0 Å². The molecule has 8 nitrogen and oxygen atoms in total. The van der Waals surface area contributed by atoms with Crippen molar-refractivity contribution in [2.75, 3.05) is 54.8 Å². The van der Waals surface area contributed by atoms with Crippen molar-refractivity contribution in [2.45, 2.75) is 25.4 Å². The summed E-state index contributed by atoms with van der Waals surface area (Å²) in [5, 5.41) is 5.44. The molecule has 3 aromatic rings. The maximum Gasteiger partial charge on any atom is 0.416 e. The van der Waals surface area contributed by atoms with Crippen LogP contribution >= 0.6 is 0 Å². The Bertz CT molecular complexity index is 1430. The first kappa shape index (κ1) is 29.0. The van der Waals surface area contributed by atoms with E-state index in [0.717, 1.165) is 31.4 Å². The standard InChI is InChI=1S/C31H32F3N5O3/c32-31(33,34)23-10-7-11-24(20-23)36-30(42)39-18-16-37(17-19-39)27-13-12-25(35-28(40)22-8-3-1-4-9-22)21-26(27)29(41)38-14-5-2-6-15-38/h1,3-4,7-13,20-21H,2,5-6,14-19H2,(H,35,40)(H,36,42). The van der Waals surface area contributed by atoms with Gasteiger partial charge in [0.1, 0.15) is 0 Å². The molecule has 0 spiro atoms. The van der Waals surface area contributed by atoms with Gasteiger partial charge in [0, 0.05) is 61.9 Å². The number of hydrogen-bond acceptors (Lipinski definition) is 4. The Labute approximate surface area is 242 Å². The largest absolute Gasteiger partial charge is 0.416 e. The third-order valence-electron chi connectivity index (χ3n) is 7.51. The number of halogens is 3. The number of piperidine rings is 1. The highest BCUT2D eigenvalue weighted by atomic mass is 19.4. The van der Waals surface area contributed by atoms with Crippen molar-refractivity contribution in [3.8, 4) is 0 Å². The Morgan fingerprint density at radius 1 is 0.667 bits per heavy atom. The van der Waals surface area contributed by atoms with Crippen molar-refractivity contribution in [2.24, 2.45) is 0 Å². The van der Waals surface area contributed by atoms with Gasteiger partial charge in [-0.05, 0) is 67.8 Å². The molecule has 0 saturated carbocycles. The van der Waals surface area contributed by atoms with Crippen molar-refractivity contribution in [1.29, 1.82) is 0 Å². The second-order valence-corrected chi connectivity index (χ2v) is 10.4. The molecule has 2 heterocycles. The molecular weight excluding hydrogens is 547 g/mol. The van der Waals surface area contributed by atoms with Crippen molar-refractivity contribution in [1.82, 2.24) is 9.80 Å². The molecule has 2 fully saturated rings. The molecule has 0 aliphatic carbocycles. The number of nitrogens with one attached hydrogen (secondary N) is 2. The fourth-order valence-corrected chi connectivity index (χ4v) is 5.25. The highest BCUT2D eigenvalue weighted by Crippen LogP contribution is 2.31. The summed E-state index contributed by atoms with van der Waals surface area (Å²) in [5.74, 6) is -0.384. The smallest absolute Gasteiger partial charge is 0.367 e. The van der Waals surface area contributed by atoms with Crippen LogP contribution in [0.3, 0.4) is 0 Å².